The maximum absolute atomic E-state index is 4.40. The predicted molar refractivity (Wildman–Crippen MR) is 62.6 cm³/mol. The Hall–Kier alpha value is -1.15. The molecule has 1 aromatic rings. The molecule has 2 nitrogen and oxygen atoms in total. The topological polar surface area (TPSA) is 24.4 Å². The highest BCUT2D eigenvalue weighted by molar-refractivity contribution is 5.85. The van der Waals surface area contributed by atoms with Gasteiger partial charge < -0.3 is 5.32 Å². The Morgan fingerprint density at radius 2 is 2.33 bits per heavy atom. The van der Waals surface area contributed by atoms with Crippen LogP contribution >= 0.6 is 0 Å². The molecule has 0 spiro atoms. The zero-order valence-electron chi connectivity index (χ0n) is 8.87. The van der Waals surface area contributed by atoms with E-state index in [1.54, 1.807) is 0 Å². The molecule has 2 heterocycles. The molecule has 0 aromatic heterocycles. The molecule has 0 unspecified atom stereocenters. The second-order valence-corrected chi connectivity index (χ2v) is 4.35. The minimum atomic E-state index is 0.560. The van der Waals surface area contributed by atoms with Crippen LogP contribution in [0.3, 0.4) is 0 Å². The van der Waals surface area contributed by atoms with Crippen molar-refractivity contribution in [3.8, 4) is 0 Å². The van der Waals surface area contributed by atoms with E-state index in [4.69, 9.17) is 0 Å². The Morgan fingerprint density at radius 3 is 3.20 bits per heavy atom. The van der Waals surface area contributed by atoms with E-state index < -0.39 is 0 Å². The predicted octanol–water partition coefficient (Wildman–Crippen LogP) is 2.09. The number of benzene rings is 1. The number of hydrogen-bond donors (Lipinski definition) is 1. The van der Waals surface area contributed by atoms with E-state index in [-0.39, 0.29) is 0 Å². The number of fused-ring (bicyclic) bond motifs is 1. The summed E-state index contributed by atoms with van der Waals surface area (Å²) in [5.74, 6) is 0. The third-order valence-electron chi connectivity index (χ3n) is 3.40. The molecule has 0 bridgehead atoms. The van der Waals surface area contributed by atoms with Crippen molar-refractivity contribution in [3.63, 3.8) is 0 Å². The first-order valence-electron chi connectivity index (χ1n) is 5.80. The number of hydrogen-bond acceptors (Lipinski definition) is 2. The summed E-state index contributed by atoms with van der Waals surface area (Å²) in [6.07, 6.45) is 5.73. The van der Waals surface area contributed by atoms with Crippen LogP contribution in [-0.2, 0) is 6.42 Å². The molecular formula is C13H16N2. The third kappa shape index (κ3) is 1.59. The van der Waals surface area contributed by atoms with Gasteiger partial charge >= 0.3 is 0 Å². The Kier molecular flexibility index (Phi) is 2.29. The van der Waals surface area contributed by atoms with E-state index in [0.717, 1.165) is 19.5 Å². The SMILES string of the molecule is C1=NCCc2cccc([C@@H]3CCCN3)c21. The lowest BCUT2D eigenvalue weighted by molar-refractivity contribution is 0.645. The first kappa shape index (κ1) is 9.10. The number of nitrogens with one attached hydrogen (secondary N) is 1. The Balaban J connectivity index is 2.04. The Morgan fingerprint density at radius 1 is 1.33 bits per heavy atom. The molecule has 0 amide bonds. The summed E-state index contributed by atoms with van der Waals surface area (Å²) in [6.45, 7) is 2.11. The quantitative estimate of drug-likeness (QED) is 0.737. The van der Waals surface area contributed by atoms with E-state index in [2.05, 4.69) is 34.7 Å². The smallest absolute Gasteiger partial charge is 0.0430 e. The van der Waals surface area contributed by atoms with Crippen molar-refractivity contribution in [3.05, 3.63) is 34.9 Å². The lowest BCUT2D eigenvalue weighted by Gasteiger charge is -2.18. The second-order valence-electron chi connectivity index (χ2n) is 4.35. The van der Waals surface area contributed by atoms with Crippen molar-refractivity contribution >= 4 is 6.21 Å². The highest BCUT2D eigenvalue weighted by Crippen LogP contribution is 2.28. The molecule has 1 fully saturated rings. The maximum atomic E-state index is 4.40. The van der Waals surface area contributed by atoms with Crippen LogP contribution in [0.2, 0.25) is 0 Å². The average Bonchev–Trinajstić information content (AvgIpc) is 2.82. The summed E-state index contributed by atoms with van der Waals surface area (Å²) >= 11 is 0. The molecule has 0 aliphatic carbocycles. The molecule has 1 aromatic carbocycles. The van der Waals surface area contributed by atoms with Crippen LogP contribution in [0.1, 0.15) is 35.6 Å². The average molecular weight is 200 g/mol. The first-order valence-corrected chi connectivity index (χ1v) is 5.80. The van der Waals surface area contributed by atoms with Crippen LogP contribution in [0.4, 0.5) is 0 Å². The number of nitrogens with zero attached hydrogens (tertiary/aromatic N) is 1. The first-order chi connectivity index (χ1) is 7.45. The van der Waals surface area contributed by atoms with E-state index >= 15 is 0 Å². The molecule has 1 N–H and O–H groups in total. The molecule has 0 saturated carbocycles. The van der Waals surface area contributed by atoms with Gasteiger partial charge in [-0.3, -0.25) is 4.99 Å². The molecule has 3 rings (SSSR count). The van der Waals surface area contributed by atoms with Gasteiger partial charge in [0.2, 0.25) is 0 Å². The van der Waals surface area contributed by atoms with E-state index in [1.165, 1.54) is 29.5 Å². The van der Waals surface area contributed by atoms with Gasteiger partial charge in [0.15, 0.2) is 0 Å². The van der Waals surface area contributed by atoms with Gasteiger partial charge in [-0.1, -0.05) is 18.2 Å². The van der Waals surface area contributed by atoms with E-state index in [9.17, 15) is 0 Å². The highest BCUT2D eigenvalue weighted by Gasteiger charge is 2.20. The maximum Gasteiger partial charge on any atom is 0.0430 e. The fourth-order valence-electron chi connectivity index (χ4n) is 2.60. The zero-order chi connectivity index (χ0) is 10.1. The van der Waals surface area contributed by atoms with E-state index in [1.807, 2.05) is 0 Å². The molecule has 1 saturated heterocycles. The molecule has 0 radical (unpaired) electrons. The minimum Gasteiger partial charge on any atom is -0.310 e. The van der Waals surface area contributed by atoms with Crippen molar-refractivity contribution in [2.45, 2.75) is 25.3 Å². The molecule has 2 heteroatoms. The summed E-state index contributed by atoms with van der Waals surface area (Å²) in [5.41, 5.74) is 4.30. The fraction of sp³-hybridized carbons (Fsp3) is 0.462. The monoisotopic (exact) mass is 200 g/mol. The van der Waals surface area contributed by atoms with Gasteiger partial charge in [0.05, 0.1) is 0 Å². The lowest BCUT2D eigenvalue weighted by Crippen LogP contribution is -2.17. The van der Waals surface area contributed by atoms with Crippen molar-refractivity contribution in [2.75, 3.05) is 13.1 Å². The van der Waals surface area contributed by atoms with Gasteiger partial charge in [-0.2, -0.15) is 0 Å². The van der Waals surface area contributed by atoms with Crippen LogP contribution in [0.15, 0.2) is 23.2 Å². The zero-order valence-corrected chi connectivity index (χ0v) is 8.87. The Bertz CT molecular complexity index is 390. The second kappa shape index (κ2) is 3.78. The molecular weight excluding hydrogens is 184 g/mol. The minimum absolute atomic E-state index is 0.560. The number of aliphatic imine (C=N–C) groups is 1. The van der Waals surface area contributed by atoms with Gasteiger partial charge in [-0.15, -0.1) is 0 Å². The summed E-state index contributed by atoms with van der Waals surface area (Å²) in [7, 11) is 0. The summed E-state index contributed by atoms with van der Waals surface area (Å²) < 4.78 is 0. The van der Waals surface area contributed by atoms with Gasteiger partial charge in [0, 0.05) is 24.4 Å². The van der Waals surface area contributed by atoms with Crippen LogP contribution in [0.5, 0.6) is 0 Å². The number of rotatable bonds is 1. The Labute approximate surface area is 90.4 Å². The van der Waals surface area contributed by atoms with Crippen molar-refractivity contribution < 1.29 is 0 Å². The standard InChI is InChI=1S/C13H16N2/c1-3-10-6-8-14-9-12(10)11(4-1)13-5-2-7-15-13/h1,3-4,9,13,15H,2,5-8H2/t13-/m0/s1. The van der Waals surface area contributed by atoms with Crippen molar-refractivity contribution in [2.24, 2.45) is 4.99 Å². The van der Waals surface area contributed by atoms with Crippen LogP contribution in [-0.4, -0.2) is 19.3 Å². The lowest BCUT2D eigenvalue weighted by atomic mass is 9.93. The van der Waals surface area contributed by atoms with Gasteiger partial charge in [-0.25, -0.2) is 0 Å². The summed E-state index contributed by atoms with van der Waals surface area (Å²) in [4.78, 5) is 4.40. The molecule has 78 valence electrons. The van der Waals surface area contributed by atoms with Gasteiger partial charge in [0.1, 0.15) is 0 Å². The third-order valence-corrected chi connectivity index (χ3v) is 3.40. The molecule has 2 aliphatic rings. The van der Waals surface area contributed by atoms with Crippen LogP contribution in [0, 0.1) is 0 Å². The largest absolute Gasteiger partial charge is 0.310 e. The summed E-state index contributed by atoms with van der Waals surface area (Å²) in [6, 6.07) is 7.23. The fourth-order valence-corrected chi connectivity index (χ4v) is 2.60. The van der Waals surface area contributed by atoms with Gasteiger partial charge in [-0.05, 0) is 36.9 Å². The highest BCUT2D eigenvalue weighted by atomic mass is 14.9. The molecule has 1 atom stereocenters. The van der Waals surface area contributed by atoms with Gasteiger partial charge in [0.25, 0.3) is 0 Å². The van der Waals surface area contributed by atoms with Crippen LogP contribution in [0.25, 0.3) is 0 Å². The summed E-state index contributed by atoms with van der Waals surface area (Å²) in [5, 5.41) is 3.56. The van der Waals surface area contributed by atoms with E-state index in [0.29, 0.717) is 6.04 Å². The van der Waals surface area contributed by atoms with Crippen molar-refractivity contribution in [1.29, 1.82) is 0 Å². The van der Waals surface area contributed by atoms with Crippen molar-refractivity contribution in [1.82, 2.24) is 5.32 Å². The molecule has 2 aliphatic heterocycles. The van der Waals surface area contributed by atoms with Crippen LogP contribution < -0.4 is 5.32 Å². The normalized spacial score (nSPS) is 24.1. The molecule has 15 heavy (non-hydrogen) atoms.